The van der Waals surface area contributed by atoms with Crippen molar-refractivity contribution in [3.8, 4) is 11.6 Å². The van der Waals surface area contributed by atoms with Gasteiger partial charge in [0.15, 0.2) is 5.75 Å². The van der Waals surface area contributed by atoms with Crippen molar-refractivity contribution in [1.29, 1.82) is 0 Å². The predicted octanol–water partition coefficient (Wildman–Crippen LogP) is 4.02. The van der Waals surface area contributed by atoms with Crippen LogP contribution in [0.25, 0.3) is 0 Å². The summed E-state index contributed by atoms with van der Waals surface area (Å²) in [6.45, 7) is 9.98. The smallest absolute Gasteiger partial charge is 0.219 e. The molecule has 0 aliphatic heterocycles. The number of nitrogens with zero attached hydrogens (tertiary/aromatic N) is 3. The van der Waals surface area contributed by atoms with Crippen LogP contribution in [0.3, 0.4) is 0 Å². The zero-order valence-electron chi connectivity index (χ0n) is 11.7. The molecule has 0 radical (unpaired) electrons. The molecule has 2 aromatic heterocycles. The van der Waals surface area contributed by atoms with Crippen molar-refractivity contribution in [2.75, 3.05) is 0 Å². The topological polar surface area (TPSA) is 47.9 Å². The molecule has 18 heavy (non-hydrogen) atoms. The average molecular weight is 247 g/mol. The van der Waals surface area contributed by atoms with Gasteiger partial charge >= 0.3 is 0 Å². The van der Waals surface area contributed by atoms with E-state index in [-0.39, 0.29) is 0 Å². The van der Waals surface area contributed by atoms with Gasteiger partial charge in [-0.1, -0.05) is 27.7 Å². The first-order valence-corrected chi connectivity index (χ1v) is 6.20. The third kappa shape index (κ3) is 5.94. The number of ether oxygens (including phenoxy) is 1. The summed E-state index contributed by atoms with van der Waals surface area (Å²) in [4.78, 5) is 11.7. The van der Waals surface area contributed by atoms with Gasteiger partial charge in [-0.2, -0.15) is 0 Å². The SMILES string of the molecule is CC.CC.Cc1ccnc(Oc2cncnc2)c1. The molecule has 2 aromatic rings. The minimum Gasteiger partial charge on any atom is -0.436 e. The van der Waals surface area contributed by atoms with Crippen molar-refractivity contribution in [1.82, 2.24) is 15.0 Å². The number of rotatable bonds is 2. The molecule has 4 heteroatoms. The highest BCUT2D eigenvalue weighted by atomic mass is 16.5. The van der Waals surface area contributed by atoms with Gasteiger partial charge in [0.25, 0.3) is 0 Å². The highest BCUT2D eigenvalue weighted by Gasteiger charge is 1.97. The van der Waals surface area contributed by atoms with E-state index in [0.29, 0.717) is 11.6 Å². The van der Waals surface area contributed by atoms with Crippen LogP contribution < -0.4 is 4.74 Å². The summed E-state index contributed by atoms with van der Waals surface area (Å²) >= 11 is 0. The Hall–Kier alpha value is -1.97. The van der Waals surface area contributed by atoms with Crippen LogP contribution in [0.1, 0.15) is 33.3 Å². The second kappa shape index (κ2) is 10.2. The van der Waals surface area contributed by atoms with Crippen molar-refractivity contribution in [3.05, 3.63) is 42.6 Å². The lowest BCUT2D eigenvalue weighted by Gasteiger charge is -2.02. The number of hydrogen-bond acceptors (Lipinski definition) is 4. The highest BCUT2D eigenvalue weighted by Crippen LogP contribution is 2.16. The van der Waals surface area contributed by atoms with E-state index in [4.69, 9.17) is 4.74 Å². The van der Waals surface area contributed by atoms with Crippen LogP contribution in [-0.2, 0) is 0 Å². The van der Waals surface area contributed by atoms with E-state index in [0.717, 1.165) is 5.56 Å². The molecule has 98 valence electrons. The molecule has 0 N–H and O–H groups in total. The predicted molar refractivity (Wildman–Crippen MR) is 73.8 cm³/mol. The Labute approximate surface area is 109 Å². The fraction of sp³-hybridized carbons (Fsp3) is 0.357. The van der Waals surface area contributed by atoms with E-state index < -0.39 is 0 Å². The van der Waals surface area contributed by atoms with Gasteiger partial charge in [0.2, 0.25) is 5.88 Å². The number of pyridine rings is 1. The molecule has 0 saturated heterocycles. The zero-order valence-corrected chi connectivity index (χ0v) is 11.7. The van der Waals surface area contributed by atoms with Gasteiger partial charge in [-0.05, 0) is 18.6 Å². The molecule has 4 nitrogen and oxygen atoms in total. The molecule has 0 atom stereocenters. The Morgan fingerprint density at radius 1 is 1.00 bits per heavy atom. The molecular formula is C14H21N3O. The quantitative estimate of drug-likeness (QED) is 0.804. The molecule has 0 unspecified atom stereocenters. The minimum atomic E-state index is 0.555. The van der Waals surface area contributed by atoms with Gasteiger partial charge in [0, 0.05) is 12.3 Å². The lowest BCUT2D eigenvalue weighted by molar-refractivity contribution is 0.458. The standard InChI is InChI=1S/C10H9N3O.2C2H6/c1-8-2-3-13-10(4-8)14-9-5-11-7-12-6-9;2*1-2/h2-7H,1H3;2*1-2H3. The van der Waals surface area contributed by atoms with E-state index in [1.807, 2.05) is 46.8 Å². The molecule has 2 rings (SSSR count). The van der Waals surface area contributed by atoms with Crippen LogP contribution in [0.2, 0.25) is 0 Å². The summed E-state index contributed by atoms with van der Waals surface area (Å²) in [6, 6.07) is 3.77. The summed E-state index contributed by atoms with van der Waals surface area (Å²) in [5, 5.41) is 0. The van der Waals surface area contributed by atoms with Crippen LogP contribution >= 0.6 is 0 Å². The third-order valence-electron chi connectivity index (χ3n) is 1.65. The van der Waals surface area contributed by atoms with Crippen LogP contribution in [0.4, 0.5) is 0 Å². The molecule has 0 amide bonds. The Kier molecular flexibility index (Phi) is 9.08. The van der Waals surface area contributed by atoms with Crippen LogP contribution in [0.5, 0.6) is 11.6 Å². The Bertz CT molecular complexity index is 418. The monoisotopic (exact) mass is 247 g/mol. The van der Waals surface area contributed by atoms with Crippen LogP contribution in [-0.4, -0.2) is 15.0 Å². The van der Waals surface area contributed by atoms with E-state index in [2.05, 4.69) is 15.0 Å². The summed E-state index contributed by atoms with van der Waals surface area (Å²) in [6.07, 6.45) is 6.35. The second-order valence-electron chi connectivity index (χ2n) is 2.85. The Morgan fingerprint density at radius 2 is 1.61 bits per heavy atom. The van der Waals surface area contributed by atoms with Crippen molar-refractivity contribution < 1.29 is 4.74 Å². The normalized spacial score (nSPS) is 8.28. The molecule has 0 fully saturated rings. The highest BCUT2D eigenvalue weighted by molar-refractivity contribution is 5.24. The van der Waals surface area contributed by atoms with Crippen LogP contribution in [0, 0.1) is 6.92 Å². The first-order chi connectivity index (χ1) is 8.84. The maximum absolute atomic E-state index is 5.42. The molecule has 0 aliphatic carbocycles. The van der Waals surface area contributed by atoms with Crippen molar-refractivity contribution >= 4 is 0 Å². The van der Waals surface area contributed by atoms with Gasteiger partial charge < -0.3 is 4.74 Å². The van der Waals surface area contributed by atoms with Crippen molar-refractivity contribution in [2.45, 2.75) is 34.6 Å². The third-order valence-corrected chi connectivity index (χ3v) is 1.65. The molecule has 0 aliphatic rings. The molecule has 0 saturated carbocycles. The summed E-state index contributed by atoms with van der Waals surface area (Å²) < 4.78 is 5.42. The van der Waals surface area contributed by atoms with Gasteiger partial charge in [0.1, 0.15) is 6.33 Å². The van der Waals surface area contributed by atoms with E-state index in [9.17, 15) is 0 Å². The number of aryl methyl sites for hydroxylation is 1. The largest absolute Gasteiger partial charge is 0.436 e. The number of aromatic nitrogens is 3. The Morgan fingerprint density at radius 3 is 2.17 bits per heavy atom. The molecule has 0 spiro atoms. The Balaban J connectivity index is 0.000000659. The molecule has 2 heterocycles. The molecule has 0 aromatic carbocycles. The zero-order chi connectivity index (χ0) is 13.8. The summed E-state index contributed by atoms with van der Waals surface area (Å²) in [5.41, 5.74) is 1.10. The molecule has 0 bridgehead atoms. The van der Waals surface area contributed by atoms with E-state index in [1.54, 1.807) is 18.6 Å². The fourth-order valence-corrected chi connectivity index (χ4v) is 1.02. The van der Waals surface area contributed by atoms with Gasteiger partial charge in [-0.15, -0.1) is 0 Å². The average Bonchev–Trinajstić information content (AvgIpc) is 2.44. The van der Waals surface area contributed by atoms with Crippen LogP contribution in [0.15, 0.2) is 37.1 Å². The number of hydrogen-bond donors (Lipinski definition) is 0. The minimum absolute atomic E-state index is 0.555. The maximum Gasteiger partial charge on any atom is 0.219 e. The molecular weight excluding hydrogens is 226 g/mol. The van der Waals surface area contributed by atoms with Crippen molar-refractivity contribution in [3.63, 3.8) is 0 Å². The van der Waals surface area contributed by atoms with Crippen molar-refractivity contribution in [2.24, 2.45) is 0 Å². The lowest BCUT2D eigenvalue weighted by Crippen LogP contribution is -1.89. The van der Waals surface area contributed by atoms with Gasteiger partial charge in [-0.25, -0.2) is 15.0 Å². The first kappa shape index (κ1) is 16.0. The fourth-order valence-electron chi connectivity index (χ4n) is 1.02. The summed E-state index contributed by atoms with van der Waals surface area (Å²) in [5.74, 6) is 1.14. The van der Waals surface area contributed by atoms with Gasteiger partial charge in [-0.3, -0.25) is 0 Å². The van der Waals surface area contributed by atoms with Gasteiger partial charge in [0.05, 0.1) is 12.4 Å². The lowest BCUT2D eigenvalue weighted by atomic mass is 10.3. The van der Waals surface area contributed by atoms with E-state index >= 15 is 0 Å². The maximum atomic E-state index is 5.42. The summed E-state index contributed by atoms with van der Waals surface area (Å²) in [7, 11) is 0. The van der Waals surface area contributed by atoms with E-state index in [1.165, 1.54) is 6.33 Å². The second-order valence-corrected chi connectivity index (χ2v) is 2.85. The first-order valence-electron chi connectivity index (χ1n) is 6.20.